The fraction of sp³-hybridized carbons (Fsp3) is 0.909. The molecule has 1 amide bonds. The van der Waals surface area contributed by atoms with Crippen molar-refractivity contribution >= 4 is 21.8 Å². The largest absolute Gasteiger partial charge is 0.377 e. The van der Waals surface area contributed by atoms with Crippen LogP contribution in [0.3, 0.4) is 0 Å². The summed E-state index contributed by atoms with van der Waals surface area (Å²) in [5.74, 6) is 0.288. The van der Waals surface area contributed by atoms with Gasteiger partial charge in [0.15, 0.2) is 0 Å². The molecule has 88 valence electrons. The SMILES string of the molecule is CCCCCC(=O)N1CCOCC1CBr. The summed E-state index contributed by atoms with van der Waals surface area (Å²) < 4.78 is 5.36. The number of nitrogens with zero attached hydrogens (tertiary/aromatic N) is 1. The topological polar surface area (TPSA) is 29.5 Å². The molecule has 0 N–H and O–H groups in total. The minimum Gasteiger partial charge on any atom is -0.377 e. The lowest BCUT2D eigenvalue weighted by molar-refractivity contribution is -0.138. The van der Waals surface area contributed by atoms with Crippen molar-refractivity contribution in [3.05, 3.63) is 0 Å². The van der Waals surface area contributed by atoms with E-state index in [-0.39, 0.29) is 11.9 Å². The Morgan fingerprint density at radius 1 is 1.53 bits per heavy atom. The molecular formula is C11H20BrNO2. The summed E-state index contributed by atoms with van der Waals surface area (Å²) in [4.78, 5) is 13.9. The van der Waals surface area contributed by atoms with Gasteiger partial charge in [0.2, 0.25) is 5.91 Å². The Bertz CT molecular complexity index is 199. The summed E-state index contributed by atoms with van der Waals surface area (Å²) in [5, 5.41) is 0.812. The number of unbranched alkanes of at least 4 members (excludes halogenated alkanes) is 2. The number of carbonyl (C=O) groups is 1. The standard InChI is InChI=1S/C11H20BrNO2/c1-2-3-4-5-11(14)13-6-7-15-9-10(13)8-12/h10H,2-9H2,1H3. The van der Waals surface area contributed by atoms with Gasteiger partial charge in [-0.25, -0.2) is 0 Å². The Hall–Kier alpha value is -0.0900. The van der Waals surface area contributed by atoms with Crippen LogP contribution in [0.2, 0.25) is 0 Å². The monoisotopic (exact) mass is 277 g/mol. The number of amides is 1. The first-order valence-electron chi connectivity index (χ1n) is 5.72. The number of morpholine rings is 1. The fourth-order valence-corrected chi connectivity index (χ4v) is 2.32. The van der Waals surface area contributed by atoms with E-state index in [0.29, 0.717) is 19.6 Å². The summed E-state index contributed by atoms with van der Waals surface area (Å²) in [7, 11) is 0. The lowest BCUT2D eigenvalue weighted by atomic mass is 10.1. The zero-order valence-corrected chi connectivity index (χ0v) is 11.0. The molecule has 3 nitrogen and oxygen atoms in total. The quantitative estimate of drug-likeness (QED) is 0.570. The van der Waals surface area contributed by atoms with Crippen LogP contribution in [-0.2, 0) is 9.53 Å². The molecule has 0 spiro atoms. The molecule has 0 aromatic rings. The van der Waals surface area contributed by atoms with Gasteiger partial charge in [-0.1, -0.05) is 35.7 Å². The summed E-state index contributed by atoms with van der Waals surface area (Å²) in [6.07, 6.45) is 4.02. The summed E-state index contributed by atoms with van der Waals surface area (Å²) in [5.41, 5.74) is 0. The molecule has 0 aliphatic carbocycles. The predicted octanol–water partition coefficient (Wildman–Crippen LogP) is 2.19. The molecule has 4 heteroatoms. The van der Waals surface area contributed by atoms with Gasteiger partial charge in [0.1, 0.15) is 0 Å². The molecule has 0 saturated carbocycles. The van der Waals surface area contributed by atoms with Crippen molar-refractivity contribution in [2.75, 3.05) is 25.1 Å². The smallest absolute Gasteiger partial charge is 0.223 e. The van der Waals surface area contributed by atoms with Gasteiger partial charge in [0.05, 0.1) is 19.3 Å². The Morgan fingerprint density at radius 3 is 3.00 bits per heavy atom. The Balaban J connectivity index is 2.34. The van der Waals surface area contributed by atoms with Gasteiger partial charge >= 0.3 is 0 Å². The van der Waals surface area contributed by atoms with Crippen LogP contribution in [0.4, 0.5) is 0 Å². The van der Waals surface area contributed by atoms with Crippen LogP contribution >= 0.6 is 15.9 Å². The second-order valence-corrected chi connectivity index (χ2v) is 4.57. The third-order valence-corrected chi connectivity index (χ3v) is 3.47. The molecular weight excluding hydrogens is 258 g/mol. The van der Waals surface area contributed by atoms with Gasteiger partial charge in [-0.3, -0.25) is 4.79 Å². The van der Waals surface area contributed by atoms with Crippen LogP contribution in [0.1, 0.15) is 32.6 Å². The molecule has 1 atom stereocenters. The molecule has 0 radical (unpaired) electrons. The Labute approximate surface area is 100 Å². The highest BCUT2D eigenvalue weighted by molar-refractivity contribution is 9.09. The van der Waals surface area contributed by atoms with Crippen molar-refractivity contribution < 1.29 is 9.53 Å². The minimum atomic E-state index is 0.230. The first-order chi connectivity index (χ1) is 7.29. The number of ether oxygens (including phenoxy) is 1. The van der Waals surface area contributed by atoms with Crippen LogP contribution < -0.4 is 0 Å². The van der Waals surface area contributed by atoms with Crippen molar-refractivity contribution in [2.45, 2.75) is 38.6 Å². The number of alkyl halides is 1. The number of rotatable bonds is 5. The van der Waals surface area contributed by atoms with E-state index in [2.05, 4.69) is 22.9 Å². The second kappa shape index (κ2) is 7.23. The first kappa shape index (κ1) is 13.0. The van der Waals surface area contributed by atoms with Gasteiger partial charge in [-0.15, -0.1) is 0 Å². The average Bonchev–Trinajstić information content (AvgIpc) is 2.29. The third-order valence-electron chi connectivity index (χ3n) is 2.72. The lowest BCUT2D eigenvalue weighted by Gasteiger charge is -2.34. The molecule has 1 unspecified atom stereocenters. The first-order valence-corrected chi connectivity index (χ1v) is 6.85. The van der Waals surface area contributed by atoms with Crippen molar-refractivity contribution in [1.29, 1.82) is 0 Å². The van der Waals surface area contributed by atoms with Crippen LogP contribution in [0.5, 0.6) is 0 Å². The van der Waals surface area contributed by atoms with E-state index in [0.717, 1.165) is 31.1 Å². The van der Waals surface area contributed by atoms with Crippen molar-refractivity contribution in [3.63, 3.8) is 0 Å². The van der Waals surface area contributed by atoms with Gasteiger partial charge < -0.3 is 9.64 Å². The van der Waals surface area contributed by atoms with E-state index in [1.54, 1.807) is 0 Å². The Kier molecular flexibility index (Phi) is 6.25. The number of hydrogen-bond acceptors (Lipinski definition) is 2. The molecule has 1 heterocycles. The highest BCUT2D eigenvalue weighted by Crippen LogP contribution is 2.12. The summed E-state index contributed by atoms with van der Waals surface area (Å²) in [6.45, 7) is 4.26. The molecule has 1 fully saturated rings. The minimum absolute atomic E-state index is 0.230. The molecule has 1 aliphatic rings. The van der Waals surface area contributed by atoms with E-state index in [1.807, 2.05) is 4.90 Å². The van der Waals surface area contributed by atoms with Gasteiger partial charge in [0, 0.05) is 18.3 Å². The predicted molar refractivity (Wildman–Crippen MR) is 64.3 cm³/mol. The average molecular weight is 278 g/mol. The normalized spacial score (nSPS) is 21.7. The maximum atomic E-state index is 11.9. The highest BCUT2D eigenvalue weighted by atomic mass is 79.9. The van der Waals surface area contributed by atoms with E-state index in [1.165, 1.54) is 0 Å². The molecule has 0 bridgehead atoms. The van der Waals surface area contributed by atoms with Crippen LogP contribution in [0, 0.1) is 0 Å². The molecule has 1 saturated heterocycles. The molecule has 0 aromatic carbocycles. The van der Waals surface area contributed by atoms with Crippen LogP contribution in [0.15, 0.2) is 0 Å². The number of carbonyl (C=O) groups excluding carboxylic acids is 1. The molecule has 15 heavy (non-hydrogen) atoms. The third kappa shape index (κ3) is 4.11. The summed E-state index contributed by atoms with van der Waals surface area (Å²) >= 11 is 3.43. The zero-order valence-electron chi connectivity index (χ0n) is 9.38. The van der Waals surface area contributed by atoms with Crippen LogP contribution in [-0.4, -0.2) is 41.9 Å². The van der Waals surface area contributed by atoms with Gasteiger partial charge in [-0.05, 0) is 6.42 Å². The van der Waals surface area contributed by atoms with Gasteiger partial charge in [-0.2, -0.15) is 0 Å². The van der Waals surface area contributed by atoms with Gasteiger partial charge in [0.25, 0.3) is 0 Å². The van der Waals surface area contributed by atoms with E-state index in [9.17, 15) is 4.79 Å². The maximum Gasteiger partial charge on any atom is 0.223 e. The fourth-order valence-electron chi connectivity index (χ4n) is 1.78. The second-order valence-electron chi connectivity index (χ2n) is 3.93. The Morgan fingerprint density at radius 2 is 2.33 bits per heavy atom. The summed E-state index contributed by atoms with van der Waals surface area (Å²) in [6, 6.07) is 0.230. The van der Waals surface area contributed by atoms with Crippen molar-refractivity contribution in [2.24, 2.45) is 0 Å². The molecule has 1 aliphatic heterocycles. The zero-order chi connectivity index (χ0) is 11.1. The van der Waals surface area contributed by atoms with E-state index < -0.39 is 0 Å². The van der Waals surface area contributed by atoms with E-state index >= 15 is 0 Å². The van der Waals surface area contributed by atoms with Crippen molar-refractivity contribution in [1.82, 2.24) is 4.90 Å². The van der Waals surface area contributed by atoms with E-state index in [4.69, 9.17) is 4.74 Å². The maximum absolute atomic E-state index is 11.9. The molecule has 0 aromatic heterocycles. The van der Waals surface area contributed by atoms with Crippen molar-refractivity contribution in [3.8, 4) is 0 Å². The number of hydrogen-bond donors (Lipinski definition) is 0. The van der Waals surface area contributed by atoms with Crippen LogP contribution in [0.25, 0.3) is 0 Å². The molecule has 1 rings (SSSR count). The lowest BCUT2D eigenvalue weighted by Crippen LogP contribution is -2.49. The number of halogens is 1. The highest BCUT2D eigenvalue weighted by Gasteiger charge is 2.25.